The van der Waals surface area contributed by atoms with Gasteiger partial charge in [0.15, 0.2) is 0 Å². The van der Waals surface area contributed by atoms with Crippen molar-refractivity contribution in [3.63, 3.8) is 0 Å². The summed E-state index contributed by atoms with van der Waals surface area (Å²) in [6.07, 6.45) is 3.87. The van der Waals surface area contributed by atoms with Gasteiger partial charge in [-0.3, -0.25) is 4.79 Å². The molecule has 3 heteroatoms. The molecule has 1 fully saturated rings. The molecule has 1 aliphatic carbocycles. The zero-order valence-electron chi connectivity index (χ0n) is 11.0. The van der Waals surface area contributed by atoms with Gasteiger partial charge in [0.2, 0.25) is 5.91 Å². The highest BCUT2D eigenvalue weighted by Crippen LogP contribution is 2.24. The van der Waals surface area contributed by atoms with E-state index in [-0.39, 0.29) is 11.9 Å². The number of hydrogen-bond acceptors (Lipinski definition) is 2. The summed E-state index contributed by atoms with van der Waals surface area (Å²) < 4.78 is 0. The first-order valence-electron chi connectivity index (χ1n) is 6.74. The Morgan fingerprint density at radius 1 is 1.39 bits per heavy atom. The minimum atomic E-state index is 0.120. The molecule has 98 valence electrons. The van der Waals surface area contributed by atoms with Crippen LogP contribution in [0, 0.1) is 12.8 Å². The molecule has 2 rings (SSSR count). The Hall–Kier alpha value is -1.35. The van der Waals surface area contributed by atoms with E-state index >= 15 is 0 Å². The van der Waals surface area contributed by atoms with E-state index in [1.807, 2.05) is 31.2 Å². The zero-order valence-corrected chi connectivity index (χ0v) is 11.0. The van der Waals surface area contributed by atoms with Gasteiger partial charge in [0.1, 0.15) is 0 Å². The molecule has 2 unspecified atom stereocenters. The molecule has 0 bridgehead atoms. The lowest BCUT2D eigenvalue weighted by atomic mass is 10.0. The zero-order chi connectivity index (χ0) is 13.0. The number of carbonyl (C=O) groups is 1. The minimum absolute atomic E-state index is 0.120. The van der Waals surface area contributed by atoms with Gasteiger partial charge in [-0.1, -0.05) is 30.7 Å². The average molecular weight is 246 g/mol. The van der Waals surface area contributed by atoms with Crippen LogP contribution in [-0.4, -0.2) is 18.5 Å². The number of carbonyl (C=O) groups excluding carboxylic acids is 1. The molecule has 1 saturated carbocycles. The van der Waals surface area contributed by atoms with Gasteiger partial charge >= 0.3 is 0 Å². The summed E-state index contributed by atoms with van der Waals surface area (Å²) in [5.41, 5.74) is 8.01. The quantitative estimate of drug-likeness (QED) is 0.851. The Morgan fingerprint density at radius 2 is 2.17 bits per heavy atom. The van der Waals surface area contributed by atoms with E-state index in [0.29, 0.717) is 18.9 Å². The van der Waals surface area contributed by atoms with E-state index in [1.165, 1.54) is 12.0 Å². The van der Waals surface area contributed by atoms with Crippen molar-refractivity contribution < 1.29 is 4.79 Å². The molecule has 0 aliphatic heterocycles. The van der Waals surface area contributed by atoms with Crippen molar-refractivity contribution in [2.75, 3.05) is 6.54 Å². The molecular weight excluding hydrogens is 224 g/mol. The fourth-order valence-electron chi connectivity index (χ4n) is 2.75. The van der Waals surface area contributed by atoms with Gasteiger partial charge in [0.05, 0.1) is 6.42 Å². The topological polar surface area (TPSA) is 55.1 Å². The number of nitrogens with two attached hydrogens (primary N) is 1. The Bertz CT molecular complexity index is 417. The summed E-state index contributed by atoms with van der Waals surface area (Å²) in [5, 5.41) is 3.14. The van der Waals surface area contributed by atoms with Crippen molar-refractivity contribution in [2.45, 2.75) is 38.6 Å². The van der Waals surface area contributed by atoms with Gasteiger partial charge in [-0.2, -0.15) is 0 Å². The first-order chi connectivity index (χ1) is 8.70. The van der Waals surface area contributed by atoms with Gasteiger partial charge in [-0.25, -0.2) is 0 Å². The van der Waals surface area contributed by atoms with Gasteiger partial charge in [-0.05, 0) is 43.4 Å². The number of benzene rings is 1. The number of rotatable bonds is 4. The van der Waals surface area contributed by atoms with Gasteiger partial charge in [0, 0.05) is 6.04 Å². The molecule has 0 spiro atoms. The molecule has 0 saturated heterocycles. The van der Waals surface area contributed by atoms with Crippen LogP contribution in [0.3, 0.4) is 0 Å². The summed E-state index contributed by atoms with van der Waals surface area (Å²) in [7, 11) is 0. The van der Waals surface area contributed by atoms with E-state index < -0.39 is 0 Å². The summed E-state index contributed by atoms with van der Waals surface area (Å²) in [6.45, 7) is 2.72. The van der Waals surface area contributed by atoms with Crippen LogP contribution in [0.4, 0.5) is 0 Å². The Kier molecular flexibility index (Phi) is 4.37. The van der Waals surface area contributed by atoms with Crippen LogP contribution in [0.15, 0.2) is 24.3 Å². The molecule has 0 aromatic heterocycles. The summed E-state index contributed by atoms with van der Waals surface area (Å²) in [4.78, 5) is 12.0. The SMILES string of the molecule is Cc1ccccc1CC(=O)NC1CCCC1CN. The Balaban J connectivity index is 1.91. The van der Waals surface area contributed by atoms with Crippen molar-refractivity contribution in [1.29, 1.82) is 0 Å². The molecule has 1 aromatic carbocycles. The monoisotopic (exact) mass is 246 g/mol. The lowest BCUT2D eigenvalue weighted by Gasteiger charge is -2.19. The van der Waals surface area contributed by atoms with Crippen LogP contribution in [0.1, 0.15) is 30.4 Å². The molecule has 1 amide bonds. The van der Waals surface area contributed by atoms with E-state index in [4.69, 9.17) is 5.73 Å². The lowest BCUT2D eigenvalue weighted by molar-refractivity contribution is -0.121. The molecule has 1 aromatic rings. The summed E-state index contributed by atoms with van der Waals surface area (Å²) in [5.74, 6) is 0.584. The van der Waals surface area contributed by atoms with Crippen LogP contribution >= 0.6 is 0 Å². The first-order valence-corrected chi connectivity index (χ1v) is 6.74. The van der Waals surface area contributed by atoms with Crippen molar-refractivity contribution in [3.8, 4) is 0 Å². The van der Waals surface area contributed by atoms with E-state index in [2.05, 4.69) is 5.32 Å². The third kappa shape index (κ3) is 3.10. The van der Waals surface area contributed by atoms with Crippen LogP contribution in [0.25, 0.3) is 0 Å². The predicted octanol–water partition coefficient (Wildman–Crippen LogP) is 1.78. The largest absolute Gasteiger partial charge is 0.353 e. The number of nitrogens with one attached hydrogen (secondary N) is 1. The first kappa shape index (κ1) is 13.1. The maximum absolute atomic E-state index is 12.0. The Morgan fingerprint density at radius 3 is 2.89 bits per heavy atom. The second-order valence-corrected chi connectivity index (χ2v) is 5.20. The number of amides is 1. The van der Waals surface area contributed by atoms with E-state index in [9.17, 15) is 4.79 Å². The maximum Gasteiger partial charge on any atom is 0.224 e. The lowest BCUT2D eigenvalue weighted by Crippen LogP contribution is -2.40. The second kappa shape index (κ2) is 6.01. The fourth-order valence-corrected chi connectivity index (χ4v) is 2.75. The predicted molar refractivity (Wildman–Crippen MR) is 73.2 cm³/mol. The average Bonchev–Trinajstić information content (AvgIpc) is 2.79. The molecule has 0 heterocycles. The molecule has 1 aliphatic rings. The molecular formula is C15H22N2O. The molecule has 18 heavy (non-hydrogen) atoms. The van der Waals surface area contributed by atoms with Gasteiger partial charge < -0.3 is 11.1 Å². The highest BCUT2D eigenvalue weighted by atomic mass is 16.1. The van der Waals surface area contributed by atoms with Crippen LogP contribution in [0.5, 0.6) is 0 Å². The van der Waals surface area contributed by atoms with Crippen LogP contribution in [0.2, 0.25) is 0 Å². The van der Waals surface area contributed by atoms with Crippen LogP contribution < -0.4 is 11.1 Å². The summed E-state index contributed by atoms with van der Waals surface area (Å²) >= 11 is 0. The van der Waals surface area contributed by atoms with Gasteiger partial charge in [0.25, 0.3) is 0 Å². The minimum Gasteiger partial charge on any atom is -0.353 e. The van der Waals surface area contributed by atoms with Crippen molar-refractivity contribution in [2.24, 2.45) is 11.7 Å². The van der Waals surface area contributed by atoms with E-state index in [0.717, 1.165) is 18.4 Å². The number of hydrogen-bond donors (Lipinski definition) is 2. The third-order valence-electron chi connectivity index (χ3n) is 3.92. The normalized spacial score (nSPS) is 23.0. The highest BCUT2D eigenvalue weighted by molar-refractivity contribution is 5.79. The summed E-state index contributed by atoms with van der Waals surface area (Å²) in [6, 6.07) is 8.32. The molecule has 2 atom stereocenters. The third-order valence-corrected chi connectivity index (χ3v) is 3.92. The van der Waals surface area contributed by atoms with Crippen molar-refractivity contribution in [1.82, 2.24) is 5.32 Å². The van der Waals surface area contributed by atoms with Crippen molar-refractivity contribution in [3.05, 3.63) is 35.4 Å². The smallest absolute Gasteiger partial charge is 0.224 e. The van der Waals surface area contributed by atoms with E-state index in [1.54, 1.807) is 0 Å². The number of aryl methyl sites for hydroxylation is 1. The molecule has 3 nitrogen and oxygen atoms in total. The molecule has 3 N–H and O–H groups in total. The molecule has 0 radical (unpaired) electrons. The fraction of sp³-hybridized carbons (Fsp3) is 0.533. The van der Waals surface area contributed by atoms with Crippen LogP contribution in [-0.2, 0) is 11.2 Å². The Labute approximate surface area is 109 Å². The van der Waals surface area contributed by atoms with Crippen molar-refractivity contribution >= 4 is 5.91 Å². The van der Waals surface area contributed by atoms with Gasteiger partial charge in [-0.15, -0.1) is 0 Å². The standard InChI is InChI=1S/C15H22N2O/c1-11-5-2-3-6-12(11)9-15(18)17-14-8-4-7-13(14)10-16/h2-3,5-6,13-14H,4,7-10,16H2,1H3,(H,17,18). The highest BCUT2D eigenvalue weighted by Gasteiger charge is 2.27. The second-order valence-electron chi connectivity index (χ2n) is 5.20. The maximum atomic E-state index is 12.0.